The van der Waals surface area contributed by atoms with E-state index in [1.54, 1.807) is 11.2 Å². The molecule has 2 saturated heterocycles. The Morgan fingerprint density at radius 2 is 1.82 bits per heavy atom. The van der Waals surface area contributed by atoms with Gasteiger partial charge in [0.1, 0.15) is 18.0 Å². The number of carbonyl (C=O) groups excluding carboxylic acids is 1. The lowest BCUT2D eigenvalue weighted by atomic mass is 9.75. The molecule has 7 heteroatoms. The van der Waals surface area contributed by atoms with Gasteiger partial charge in [-0.15, -0.1) is 0 Å². The summed E-state index contributed by atoms with van der Waals surface area (Å²) in [6, 6.07) is 12.2. The van der Waals surface area contributed by atoms with Crippen LogP contribution in [-0.4, -0.2) is 72.3 Å². The van der Waals surface area contributed by atoms with Crippen LogP contribution in [0.15, 0.2) is 42.7 Å². The van der Waals surface area contributed by atoms with Crippen molar-refractivity contribution >= 4 is 17.5 Å². The highest BCUT2D eigenvalue weighted by molar-refractivity contribution is 5.82. The molecule has 3 heterocycles. The molecule has 2 fully saturated rings. The summed E-state index contributed by atoms with van der Waals surface area (Å²) < 4.78 is 0. The monoisotopic (exact) mass is 381 g/mol. The Hall–Kier alpha value is -2.67. The number of rotatable bonds is 4. The molecule has 0 radical (unpaired) electrons. The van der Waals surface area contributed by atoms with E-state index in [-0.39, 0.29) is 17.9 Å². The number of piperazine rings is 1. The second-order valence-corrected chi connectivity index (χ2v) is 7.80. The zero-order chi connectivity index (χ0) is 19.6. The standard InChI is InChI=1S/C21H27N5O2/c1-24-10-11-25(13-20(24)28)18-12-19(23-16-22-18)26-9-5-8-21(14-26,15-27)17-6-3-2-4-7-17/h2-4,6-7,12,16,27H,5,8-11,13-15H2,1H3. The maximum Gasteiger partial charge on any atom is 0.241 e. The van der Waals surface area contributed by atoms with Gasteiger partial charge in [-0.1, -0.05) is 30.3 Å². The molecule has 0 bridgehead atoms. The maximum absolute atomic E-state index is 12.0. The number of likely N-dealkylation sites (N-methyl/N-ethyl adjacent to an activating group) is 1. The Bertz CT molecular complexity index is 831. The van der Waals surface area contributed by atoms with E-state index in [0.717, 1.165) is 37.6 Å². The number of aromatic nitrogens is 2. The molecule has 2 aliphatic rings. The van der Waals surface area contributed by atoms with Crippen LogP contribution in [0.5, 0.6) is 0 Å². The molecule has 1 aromatic heterocycles. The van der Waals surface area contributed by atoms with Crippen LogP contribution in [0.25, 0.3) is 0 Å². The van der Waals surface area contributed by atoms with Crippen LogP contribution < -0.4 is 9.80 Å². The third kappa shape index (κ3) is 3.54. The Morgan fingerprint density at radius 1 is 1.07 bits per heavy atom. The molecule has 4 rings (SSSR count). The molecule has 1 N–H and O–H groups in total. The molecule has 148 valence electrons. The Labute approximate surface area is 165 Å². The number of benzene rings is 1. The van der Waals surface area contributed by atoms with Crippen LogP contribution in [-0.2, 0) is 10.2 Å². The zero-order valence-corrected chi connectivity index (χ0v) is 16.3. The lowest BCUT2D eigenvalue weighted by Crippen LogP contribution is -2.49. The summed E-state index contributed by atoms with van der Waals surface area (Å²) >= 11 is 0. The molecule has 0 spiro atoms. The molecule has 0 aliphatic carbocycles. The minimum Gasteiger partial charge on any atom is -0.395 e. The Kier molecular flexibility index (Phi) is 5.17. The fourth-order valence-corrected chi connectivity index (χ4v) is 4.21. The predicted molar refractivity (Wildman–Crippen MR) is 109 cm³/mol. The van der Waals surface area contributed by atoms with Crippen LogP contribution in [0.2, 0.25) is 0 Å². The summed E-state index contributed by atoms with van der Waals surface area (Å²) in [6.07, 6.45) is 3.52. The number of anilines is 2. The highest BCUT2D eigenvalue weighted by atomic mass is 16.3. The third-order valence-corrected chi connectivity index (χ3v) is 6.01. The Morgan fingerprint density at radius 3 is 2.54 bits per heavy atom. The van der Waals surface area contributed by atoms with Crippen molar-refractivity contribution in [1.82, 2.24) is 14.9 Å². The fourth-order valence-electron chi connectivity index (χ4n) is 4.21. The molecule has 2 aromatic rings. The van der Waals surface area contributed by atoms with Gasteiger partial charge in [-0.25, -0.2) is 9.97 Å². The van der Waals surface area contributed by atoms with Gasteiger partial charge in [0.05, 0.1) is 13.2 Å². The van der Waals surface area contributed by atoms with Crippen molar-refractivity contribution in [2.24, 2.45) is 0 Å². The van der Waals surface area contributed by atoms with Gasteiger partial charge >= 0.3 is 0 Å². The molecule has 1 atom stereocenters. The summed E-state index contributed by atoms with van der Waals surface area (Å²) in [4.78, 5) is 26.9. The minimum atomic E-state index is -0.283. The van der Waals surface area contributed by atoms with Crippen LogP contribution in [0.1, 0.15) is 18.4 Å². The normalized spacial score (nSPS) is 23.2. The molecule has 1 amide bonds. The molecular formula is C21H27N5O2. The summed E-state index contributed by atoms with van der Waals surface area (Å²) in [6.45, 7) is 3.53. The van der Waals surface area contributed by atoms with Gasteiger partial charge < -0.3 is 19.8 Å². The molecule has 1 aromatic carbocycles. The van der Waals surface area contributed by atoms with Crippen LogP contribution in [0.4, 0.5) is 11.6 Å². The van der Waals surface area contributed by atoms with E-state index < -0.39 is 0 Å². The van der Waals surface area contributed by atoms with Gasteiger partial charge in [0.25, 0.3) is 0 Å². The average molecular weight is 381 g/mol. The number of aliphatic hydroxyl groups excluding tert-OH is 1. The number of amides is 1. The number of carbonyl (C=O) groups is 1. The molecule has 7 nitrogen and oxygen atoms in total. The first-order chi connectivity index (χ1) is 13.6. The molecule has 0 saturated carbocycles. The zero-order valence-electron chi connectivity index (χ0n) is 16.3. The van der Waals surface area contributed by atoms with Crippen molar-refractivity contribution in [3.8, 4) is 0 Å². The van der Waals surface area contributed by atoms with Crippen LogP contribution in [0, 0.1) is 0 Å². The van der Waals surface area contributed by atoms with E-state index in [1.165, 1.54) is 5.56 Å². The second-order valence-electron chi connectivity index (χ2n) is 7.80. The lowest BCUT2D eigenvalue weighted by Gasteiger charge is -2.43. The number of piperidine rings is 1. The minimum absolute atomic E-state index is 0.104. The number of hydrogen-bond donors (Lipinski definition) is 1. The highest BCUT2D eigenvalue weighted by Gasteiger charge is 2.37. The predicted octanol–water partition coefficient (Wildman–Crippen LogP) is 1.29. The molecular weight excluding hydrogens is 354 g/mol. The van der Waals surface area contributed by atoms with Crippen molar-refractivity contribution in [1.29, 1.82) is 0 Å². The summed E-state index contributed by atoms with van der Waals surface area (Å²) in [7, 11) is 1.83. The number of aliphatic hydroxyl groups is 1. The molecule has 1 unspecified atom stereocenters. The largest absolute Gasteiger partial charge is 0.395 e. The lowest BCUT2D eigenvalue weighted by molar-refractivity contribution is -0.129. The van der Waals surface area contributed by atoms with E-state index in [2.05, 4.69) is 27.0 Å². The SMILES string of the molecule is CN1CCN(c2cc(N3CCCC(CO)(c4ccccc4)C3)ncn2)CC1=O. The quantitative estimate of drug-likeness (QED) is 0.860. The maximum atomic E-state index is 12.0. The van der Waals surface area contributed by atoms with Crippen molar-refractivity contribution in [3.63, 3.8) is 0 Å². The molecule has 2 aliphatic heterocycles. The number of hydrogen-bond acceptors (Lipinski definition) is 6. The van der Waals surface area contributed by atoms with E-state index in [4.69, 9.17) is 0 Å². The van der Waals surface area contributed by atoms with Crippen LogP contribution >= 0.6 is 0 Å². The average Bonchev–Trinajstić information content (AvgIpc) is 2.76. The number of nitrogens with zero attached hydrogens (tertiary/aromatic N) is 5. The van der Waals surface area contributed by atoms with E-state index in [9.17, 15) is 9.90 Å². The van der Waals surface area contributed by atoms with Gasteiger partial charge in [-0.3, -0.25) is 4.79 Å². The van der Waals surface area contributed by atoms with Crippen molar-refractivity contribution < 1.29 is 9.90 Å². The summed E-state index contributed by atoms with van der Waals surface area (Å²) in [5.41, 5.74) is 0.884. The first kappa shape index (κ1) is 18.7. The van der Waals surface area contributed by atoms with Gasteiger partial charge in [0.2, 0.25) is 5.91 Å². The van der Waals surface area contributed by atoms with E-state index in [1.807, 2.05) is 36.2 Å². The summed E-state index contributed by atoms with van der Waals surface area (Å²) in [5.74, 6) is 1.74. The van der Waals surface area contributed by atoms with E-state index >= 15 is 0 Å². The smallest absolute Gasteiger partial charge is 0.241 e. The van der Waals surface area contributed by atoms with Gasteiger partial charge in [-0.2, -0.15) is 0 Å². The van der Waals surface area contributed by atoms with E-state index in [0.29, 0.717) is 19.6 Å². The van der Waals surface area contributed by atoms with Crippen molar-refractivity contribution in [2.45, 2.75) is 18.3 Å². The summed E-state index contributed by atoms with van der Waals surface area (Å²) in [5, 5.41) is 10.3. The second kappa shape index (κ2) is 7.75. The van der Waals surface area contributed by atoms with Crippen molar-refractivity contribution in [2.75, 3.05) is 56.2 Å². The Balaban J connectivity index is 1.57. The third-order valence-electron chi connectivity index (χ3n) is 6.01. The van der Waals surface area contributed by atoms with Gasteiger partial charge in [0, 0.05) is 44.7 Å². The first-order valence-corrected chi connectivity index (χ1v) is 9.84. The fraction of sp³-hybridized carbons (Fsp3) is 0.476. The highest BCUT2D eigenvalue weighted by Crippen LogP contribution is 2.35. The van der Waals surface area contributed by atoms with Gasteiger partial charge in [0.15, 0.2) is 0 Å². The van der Waals surface area contributed by atoms with Gasteiger partial charge in [-0.05, 0) is 18.4 Å². The molecule has 28 heavy (non-hydrogen) atoms. The van der Waals surface area contributed by atoms with Crippen LogP contribution in [0.3, 0.4) is 0 Å². The first-order valence-electron chi connectivity index (χ1n) is 9.84. The van der Waals surface area contributed by atoms with Crippen molar-refractivity contribution in [3.05, 3.63) is 48.3 Å². The topological polar surface area (TPSA) is 72.8 Å².